The van der Waals surface area contributed by atoms with Crippen molar-refractivity contribution in [1.82, 2.24) is 9.87 Å². The van der Waals surface area contributed by atoms with E-state index in [1.54, 1.807) is 0 Å². The second kappa shape index (κ2) is 6.74. The lowest BCUT2D eigenvalue weighted by molar-refractivity contribution is 0.0795. The van der Waals surface area contributed by atoms with Gasteiger partial charge in [-0.25, -0.2) is 8.42 Å². The third-order valence-electron chi connectivity index (χ3n) is 3.25. The van der Waals surface area contributed by atoms with Crippen LogP contribution in [0.1, 0.15) is 5.56 Å². The minimum atomic E-state index is -3.97. The van der Waals surface area contributed by atoms with Gasteiger partial charge in [-0.15, -0.1) is 0 Å². The van der Waals surface area contributed by atoms with Gasteiger partial charge in [-0.1, -0.05) is 46.8 Å². The summed E-state index contributed by atoms with van der Waals surface area (Å²) in [5, 5.41) is 0.461. The summed E-state index contributed by atoms with van der Waals surface area (Å²) in [4.78, 5) is 20.7. The molecule has 3 rings (SSSR count). The Hall–Kier alpha value is -2.19. The van der Waals surface area contributed by atoms with Gasteiger partial charge in [0.2, 0.25) is 0 Å². The minimum Gasteiger partial charge on any atom is -0.321 e. The minimum absolute atomic E-state index is 0.0276. The lowest BCUT2D eigenvalue weighted by Gasteiger charge is -2.10. The number of benzene rings is 2. The zero-order chi connectivity index (χ0) is 17.2. The lowest BCUT2D eigenvalue weighted by Crippen LogP contribution is -2.24. The van der Waals surface area contributed by atoms with E-state index in [-0.39, 0.29) is 16.5 Å². The maximum Gasteiger partial charge on any atom is 0.263 e. The Kier molecular flexibility index (Phi) is 4.68. The van der Waals surface area contributed by atoms with Gasteiger partial charge < -0.3 is 4.98 Å². The quantitative estimate of drug-likeness (QED) is 0.681. The van der Waals surface area contributed by atoms with Crippen molar-refractivity contribution in [3.63, 3.8) is 0 Å². The number of aromatic amines is 1. The molecule has 123 valence electrons. The van der Waals surface area contributed by atoms with Crippen LogP contribution >= 0.6 is 11.6 Å². The summed E-state index contributed by atoms with van der Waals surface area (Å²) in [5.74, 6) is 0. The molecule has 1 aromatic heterocycles. The topological polar surface area (TPSA) is 88.3 Å². The zero-order valence-electron chi connectivity index (χ0n) is 12.2. The molecule has 0 amide bonds. The number of H-pyrrole nitrogens is 1. The predicted molar refractivity (Wildman–Crippen MR) is 90.0 cm³/mol. The van der Waals surface area contributed by atoms with Crippen LogP contribution in [0.3, 0.4) is 0 Å². The molecule has 0 fully saturated rings. The molecule has 2 aromatic carbocycles. The van der Waals surface area contributed by atoms with E-state index in [9.17, 15) is 13.2 Å². The van der Waals surface area contributed by atoms with Gasteiger partial charge in [0.1, 0.15) is 4.90 Å². The highest BCUT2D eigenvalue weighted by molar-refractivity contribution is 7.89. The summed E-state index contributed by atoms with van der Waals surface area (Å²) in [7, 11) is -3.97. The highest BCUT2D eigenvalue weighted by Gasteiger charge is 2.19. The Morgan fingerprint density at radius 1 is 1.21 bits per heavy atom. The van der Waals surface area contributed by atoms with Crippen molar-refractivity contribution in [1.29, 1.82) is 0 Å². The number of aromatic nitrogens is 1. The number of nitrogens with one attached hydrogen (secondary N) is 2. The third kappa shape index (κ3) is 3.65. The van der Waals surface area contributed by atoms with Crippen molar-refractivity contribution in [3.8, 4) is 0 Å². The van der Waals surface area contributed by atoms with E-state index >= 15 is 0 Å². The molecule has 0 atom stereocenters. The number of fused-ring (bicyclic) bond motifs is 1. The molecule has 0 saturated heterocycles. The van der Waals surface area contributed by atoms with E-state index < -0.39 is 15.6 Å². The fourth-order valence-electron chi connectivity index (χ4n) is 2.11. The van der Waals surface area contributed by atoms with Crippen molar-refractivity contribution >= 4 is 32.5 Å². The Labute approximate surface area is 143 Å². The number of rotatable bonds is 5. The molecule has 0 aliphatic rings. The first kappa shape index (κ1) is 16.7. The maximum absolute atomic E-state index is 12.4. The number of hydrogen-bond acceptors (Lipinski definition) is 4. The van der Waals surface area contributed by atoms with Crippen molar-refractivity contribution in [2.45, 2.75) is 11.5 Å². The van der Waals surface area contributed by atoms with Gasteiger partial charge in [0.05, 0.1) is 17.7 Å². The summed E-state index contributed by atoms with van der Waals surface area (Å²) in [5.41, 5.74) is 0.823. The van der Waals surface area contributed by atoms with Gasteiger partial charge in [0, 0.05) is 10.9 Å². The van der Waals surface area contributed by atoms with E-state index in [4.69, 9.17) is 16.4 Å². The van der Waals surface area contributed by atoms with E-state index in [0.717, 1.165) is 5.56 Å². The van der Waals surface area contributed by atoms with Crippen molar-refractivity contribution in [3.05, 3.63) is 75.5 Å². The van der Waals surface area contributed by atoms with E-state index in [1.165, 1.54) is 18.2 Å². The van der Waals surface area contributed by atoms with Gasteiger partial charge in [-0.3, -0.25) is 9.63 Å². The molecule has 1 heterocycles. The number of pyridine rings is 1. The summed E-state index contributed by atoms with van der Waals surface area (Å²) in [6, 6.07) is 15.7. The summed E-state index contributed by atoms with van der Waals surface area (Å²) in [6.07, 6.45) is 0. The molecule has 3 aromatic rings. The first-order valence-electron chi connectivity index (χ1n) is 6.87. The number of sulfonamides is 1. The average Bonchev–Trinajstić information content (AvgIpc) is 2.54. The largest absolute Gasteiger partial charge is 0.321 e. The molecule has 0 spiro atoms. The Morgan fingerprint density at radius 3 is 2.71 bits per heavy atom. The van der Waals surface area contributed by atoms with Crippen LogP contribution in [-0.2, 0) is 21.5 Å². The lowest BCUT2D eigenvalue weighted by atomic mass is 10.2. The first-order chi connectivity index (χ1) is 11.5. The molecule has 24 heavy (non-hydrogen) atoms. The smallest absolute Gasteiger partial charge is 0.263 e. The van der Waals surface area contributed by atoms with Crippen LogP contribution in [0.25, 0.3) is 10.9 Å². The highest BCUT2D eigenvalue weighted by atomic mass is 35.5. The maximum atomic E-state index is 12.4. The third-order valence-corrected chi connectivity index (χ3v) is 4.93. The molecule has 0 aliphatic heterocycles. The zero-order valence-corrected chi connectivity index (χ0v) is 13.8. The predicted octanol–water partition coefficient (Wildman–Crippen LogP) is 2.39. The van der Waals surface area contributed by atoms with E-state index in [0.29, 0.717) is 10.9 Å². The second-order valence-electron chi connectivity index (χ2n) is 4.97. The van der Waals surface area contributed by atoms with Gasteiger partial charge in [-0.2, -0.15) is 0 Å². The molecule has 0 saturated carbocycles. The summed E-state index contributed by atoms with van der Waals surface area (Å²) in [6.45, 7) is 0.0758. The highest BCUT2D eigenvalue weighted by Crippen LogP contribution is 2.26. The SMILES string of the molecule is O=c1[c]cc2cc(S(=O)(=O)NOCc3ccccc3)c(Cl)cc2[nH]1. The van der Waals surface area contributed by atoms with Crippen molar-refractivity contribution in [2.75, 3.05) is 0 Å². The van der Waals surface area contributed by atoms with Crippen molar-refractivity contribution < 1.29 is 13.3 Å². The molecule has 6 nitrogen and oxygen atoms in total. The van der Waals surface area contributed by atoms with Crippen LogP contribution in [-0.4, -0.2) is 13.4 Å². The average molecular weight is 364 g/mol. The Balaban J connectivity index is 1.83. The van der Waals surface area contributed by atoms with Crippen molar-refractivity contribution in [2.24, 2.45) is 0 Å². The van der Waals surface area contributed by atoms with Crippen LogP contribution in [0.2, 0.25) is 5.02 Å². The van der Waals surface area contributed by atoms with Crippen LogP contribution in [0.15, 0.2) is 58.2 Å². The van der Waals surface area contributed by atoms with E-state index in [2.05, 4.69) is 11.1 Å². The van der Waals surface area contributed by atoms with Gasteiger partial charge in [0.15, 0.2) is 0 Å². The molecule has 0 unspecified atom stereocenters. The Morgan fingerprint density at radius 2 is 1.96 bits per heavy atom. The normalized spacial score (nSPS) is 11.7. The molecule has 2 N–H and O–H groups in total. The monoisotopic (exact) mass is 363 g/mol. The van der Waals surface area contributed by atoms with Crippen LogP contribution < -0.4 is 10.4 Å². The fraction of sp³-hybridized carbons (Fsp3) is 0.0625. The van der Waals surface area contributed by atoms with Crippen LogP contribution in [0.5, 0.6) is 0 Å². The van der Waals surface area contributed by atoms with E-state index in [1.807, 2.05) is 35.2 Å². The second-order valence-corrected chi connectivity index (χ2v) is 6.99. The molecule has 8 heteroatoms. The number of hydrogen-bond donors (Lipinski definition) is 2. The fourth-order valence-corrected chi connectivity index (χ4v) is 3.48. The molecule has 0 aliphatic carbocycles. The Bertz CT molecular complexity index is 1030. The van der Waals surface area contributed by atoms with Crippen LogP contribution in [0.4, 0.5) is 0 Å². The molecular formula is C16H12ClN2O4S. The standard InChI is InChI=1S/C16H12ClN2O4S/c17-13-9-14-12(6-7-16(20)18-14)8-15(13)24(21,22)19-23-10-11-4-2-1-3-5-11/h1-6,8-9,19H,10H2,(H,18,20). The van der Waals surface area contributed by atoms with Crippen LogP contribution in [0, 0.1) is 6.07 Å². The van der Waals surface area contributed by atoms with Gasteiger partial charge >= 0.3 is 0 Å². The summed E-state index contributed by atoms with van der Waals surface area (Å²) < 4.78 is 24.7. The molecule has 0 bridgehead atoms. The molecule has 1 radical (unpaired) electrons. The first-order valence-corrected chi connectivity index (χ1v) is 8.73. The van der Waals surface area contributed by atoms with Gasteiger partial charge in [-0.05, 0) is 23.8 Å². The summed E-state index contributed by atoms with van der Waals surface area (Å²) >= 11 is 6.03. The molecular weight excluding hydrogens is 352 g/mol. The number of halogens is 1. The van der Waals surface area contributed by atoms with Gasteiger partial charge in [0.25, 0.3) is 15.6 Å².